The van der Waals surface area contributed by atoms with Crippen molar-refractivity contribution in [1.82, 2.24) is 15.5 Å². The third-order valence-corrected chi connectivity index (χ3v) is 5.16. The molecule has 2 N–H and O–H groups in total. The van der Waals surface area contributed by atoms with Crippen molar-refractivity contribution in [2.75, 3.05) is 33.8 Å². The molecule has 0 bridgehead atoms. The van der Waals surface area contributed by atoms with E-state index >= 15 is 0 Å². The molecule has 0 aliphatic carbocycles. The van der Waals surface area contributed by atoms with Crippen molar-refractivity contribution >= 4 is 41.3 Å². The van der Waals surface area contributed by atoms with Gasteiger partial charge in [0.05, 0.1) is 13.2 Å². The number of aliphatic imine (C=N–C) groups is 1. The van der Waals surface area contributed by atoms with Crippen LogP contribution in [-0.2, 0) is 6.54 Å². The summed E-state index contributed by atoms with van der Waals surface area (Å²) in [6.07, 6.45) is 0. The molecule has 1 aromatic carbocycles. The molecule has 0 amide bonds. The quantitative estimate of drug-likeness (QED) is 0.308. The van der Waals surface area contributed by atoms with Gasteiger partial charge in [-0.15, -0.1) is 24.0 Å². The van der Waals surface area contributed by atoms with Gasteiger partial charge in [-0.2, -0.15) is 11.3 Å². The number of methoxy groups -OCH3 is 1. The fraction of sp³-hybridized carbons (Fsp3) is 0.450. The van der Waals surface area contributed by atoms with Crippen molar-refractivity contribution in [3.8, 4) is 5.75 Å². The Bertz CT molecular complexity index is 674. The molecular formula is C20H31IN4OS. The van der Waals surface area contributed by atoms with Gasteiger partial charge in [0, 0.05) is 20.1 Å². The molecule has 0 radical (unpaired) electrons. The van der Waals surface area contributed by atoms with E-state index in [0.717, 1.165) is 36.9 Å². The van der Waals surface area contributed by atoms with E-state index in [-0.39, 0.29) is 24.0 Å². The molecule has 1 aromatic heterocycles. The van der Waals surface area contributed by atoms with Gasteiger partial charge in [0.15, 0.2) is 5.96 Å². The number of ether oxygens (including phenoxy) is 1. The Balaban J connectivity index is 0.00000364. The van der Waals surface area contributed by atoms with Crippen LogP contribution in [0.4, 0.5) is 0 Å². The Hall–Kier alpha value is -1.32. The van der Waals surface area contributed by atoms with Gasteiger partial charge in [0.25, 0.3) is 0 Å². The normalized spacial score (nSPS) is 12.4. The van der Waals surface area contributed by atoms with Crippen LogP contribution in [0.1, 0.15) is 31.0 Å². The van der Waals surface area contributed by atoms with Gasteiger partial charge in [0.2, 0.25) is 0 Å². The molecule has 0 aliphatic heterocycles. The largest absolute Gasteiger partial charge is 0.497 e. The fourth-order valence-electron chi connectivity index (χ4n) is 2.97. The predicted octanol–water partition coefficient (Wildman–Crippen LogP) is 4.12. The van der Waals surface area contributed by atoms with Gasteiger partial charge in [-0.25, -0.2) is 0 Å². The van der Waals surface area contributed by atoms with E-state index in [1.807, 2.05) is 18.2 Å². The Morgan fingerprint density at radius 2 is 2.00 bits per heavy atom. The highest BCUT2D eigenvalue weighted by atomic mass is 127. The van der Waals surface area contributed by atoms with Crippen molar-refractivity contribution in [2.45, 2.75) is 26.4 Å². The number of likely N-dealkylation sites (N-methyl/N-ethyl adjacent to an activating group) is 1. The maximum atomic E-state index is 5.28. The van der Waals surface area contributed by atoms with Gasteiger partial charge in [0.1, 0.15) is 5.75 Å². The second kappa shape index (κ2) is 13.0. The first-order valence-electron chi connectivity index (χ1n) is 9.05. The number of nitrogens with one attached hydrogen (secondary N) is 2. The molecule has 2 aromatic rings. The van der Waals surface area contributed by atoms with Crippen molar-refractivity contribution < 1.29 is 4.74 Å². The van der Waals surface area contributed by atoms with Crippen LogP contribution >= 0.6 is 35.3 Å². The first kappa shape index (κ1) is 23.7. The summed E-state index contributed by atoms with van der Waals surface area (Å²) in [6.45, 7) is 7.97. The third-order valence-electron chi connectivity index (χ3n) is 4.46. The molecule has 1 atom stereocenters. The van der Waals surface area contributed by atoms with Crippen molar-refractivity contribution in [3.05, 3.63) is 52.2 Å². The van der Waals surface area contributed by atoms with Crippen LogP contribution in [0.3, 0.4) is 0 Å². The molecular weight excluding hydrogens is 471 g/mol. The van der Waals surface area contributed by atoms with Crippen molar-refractivity contribution in [2.24, 2.45) is 4.99 Å². The van der Waals surface area contributed by atoms with E-state index in [1.54, 1.807) is 25.5 Å². The number of hydrogen-bond acceptors (Lipinski definition) is 4. The van der Waals surface area contributed by atoms with Gasteiger partial charge in [-0.05, 0) is 53.2 Å². The smallest absolute Gasteiger partial charge is 0.191 e. The molecule has 1 unspecified atom stereocenters. The molecule has 0 saturated heterocycles. The summed E-state index contributed by atoms with van der Waals surface area (Å²) >= 11 is 1.75. The second-order valence-corrected chi connectivity index (χ2v) is 6.73. The number of hydrogen-bond donors (Lipinski definition) is 2. The zero-order valence-corrected chi connectivity index (χ0v) is 19.7. The summed E-state index contributed by atoms with van der Waals surface area (Å²) in [5, 5.41) is 11.2. The highest BCUT2D eigenvalue weighted by Crippen LogP contribution is 2.22. The molecule has 5 nitrogen and oxygen atoms in total. The molecule has 0 saturated carbocycles. The van der Waals surface area contributed by atoms with Crippen LogP contribution in [0.2, 0.25) is 0 Å². The number of guanidine groups is 1. The first-order valence-corrected chi connectivity index (χ1v) is 9.99. The minimum Gasteiger partial charge on any atom is -0.497 e. The Morgan fingerprint density at radius 3 is 2.59 bits per heavy atom. The highest BCUT2D eigenvalue weighted by Gasteiger charge is 2.18. The Labute approximate surface area is 184 Å². The van der Waals surface area contributed by atoms with Crippen LogP contribution in [0.5, 0.6) is 5.75 Å². The van der Waals surface area contributed by atoms with Gasteiger partial charge in [-0.1, -0.05) is 26.0 Å². The van der Waals surface area contributed by atoms with Crippen molar-refractivity contribution in [3.63, 3.8) is 0 Å². The van der Waals surface area contributed by atoms with Crippen LogP contribution < -0.4 is 15.4 Å². The minimum absolute atomic E-state index is 0. The highest BCUT2D eigenvalue weighted by molar-refractivity contribution is 14.0. The number of thiophene rings is 1. The van der Waals surface area contributed by atoms with Crippen LogP contribution in [0.25, 0.3) is 0 Å². The predicted molar refractivity (Wildman–Crippen MR) is 127 cm³/mol. The van der Waals surface area contributed by atoms with Gasteiger partial charge < -0.3 is 15.4 Å². The standard InChI is InChI=1S/C20H30N4OS.HI/c1-5-24(6-2)19(17-10-11-26-15-17)14-23-20(21-3)22-13-16-8-7-9-18(12-16)25-4;/h7-12,15,19H,5-6,13-14H2,1-4H3,(H2,21,22,23);1H. The summed E-state index contributed by atoms with van der Waals surface area (Å²) in [5.74, 6) is 1.67. The zero-order valence-electron chi connectivity index (χ0n) is 16.6. The topological polar surface area (TPSA) is 48.9 Å². The molecule has 1 heterocycles. The lowest BCUT2D eigenvalue weighted by Crippen LogP contribution is -2.42. The first-order chi connectivity index (χ1) is 12.7. The molecule has 2 rings (SSSR count). The number of nitrogens with zero attached hydrogens (tertiary/aromatic N) is 2. The SMILES string of the molecule is CCN(CC)C(CNC(=NC)NCc1cccc(OC)c1)c1ccsc1.I. The number of halogens is 1. The van der Waals surface area contributed by atoms with E-state index in [0.29, 0.717) is 12.6 Å². The average Bonchev–Trinajstić information content (AvgIpc) is 3.21. The Kier molecular flexibility index (Phi) is 11.4. The average molecular weight is 502 g/mol. The van der Waals surface area contributed by atoms with Crippen molar-refractivity contribution in [1.29, 1.82) is 0 Å². The van der Waals surface area contributed by atoms with E-state index in [4.69, 9.17) is 4.74 Å². The maximum Gasteiger partial charge on any atom is 0.191 e. The van der Waals surface area contributed by atoms with Crippen LogP contribution in [0.15, 0.2) is 46.1 Å². The fourth-order valence-corrected chi connectivity index (χ4v) is 3.68. The van der Waals surface area contributed by atoms with Gasteiger partial charge in [-0.3, -0.25) is 9.89 Å². The van der Waals surface area contributed by atoms with E-state index in [9.17, 15) is 0 Å². The van der Waals surface area contributed by atoms with E-state index in [1.165, 1.54) is 5.56 Å². The number of benzene rings is 1. The van der Waals surface area contributed by atoms with E-state index in [2.05, 4.69) is 57.3 Å². The zero-order chi connectivity index (χ0) is 18.8. The summed E-state index contributed by atoms with van der Waals surface area (Å²) < 4.78 is 5.28. The van der Waals surface area contributed by atoms with E-state index < -0.39 is 0 Å². The van der Waals surface area contributed by atoms with Crippen LogP contribution in [-0.4, -0.2) is 44.7 Å². The molecule has 0 spiro atoms. The summed E-state index contributed by atoms with van der Waals surface area (Å²) in [5.41, 5.74) is 2.51. The molecule has 7 heteroatoms. The monoisotopic (exact) mass is 502 g/mol. The number of rotatable bonds is 9. The molecule has 0 fully saturated rings. The maximum absolute atomic E-state index is 5.28. The molecule has 150 valence electrons. The third kappa shape index (κ3) is 7.31. The molecule has 0 aliphatic rings. The van der Waals surface area contributed by atoms with Crippen LogP contribution in [0, 0.1) is 0 Å². The molecule has 27 heavy (non-hydrogen) atoms. The lowest BCUT2D eigenvalue weighted by molar-refractivity contribution is 0.219. The lowest BCUT2D eigenvalue weighted by atomic mass is 10.1. The van der Waals surface area contributed by atoms with Gasteiger partial charge >= 0.3 is 0 Å². The summed E-state index contributed by atoms with van der Waals surface area (Å²) in [6, 6.07) is 10.6. The minimum atomic E-state index is 0. The Morgan fingerprint density at radius 1 is 1.22 bits per heavy atom. The lowest BCUT2D eigenvalue weighted by Gasteiger charge is -2.30. The second-order valence-electron chi connectivity index (χ2n) is 5.95. The summed E-state index contributed by atoms with van der Waals surface area (Å²) in [4.78, 5) is 6.82. The summed E-state index contributed by atoms with van der Waals surface area (Å²) in [7, 11) is 3.49.